The Kier molecular flexibility index (Phi) is 4.85. The van der Waals surface area contributed by atoms with Crippen molar-refractivity contribution in [1.82, 2.24) is 14.5 Å². The fourth-order valence-electron chi connectivity index (χ4n) is 3.68. The molecular weight excluding hydrogens is 356 g/mol. The second kappa shape index (κ2) is 7.29. The summed E-state index contributed by atoms with van der Waals surface area (Å²) < 4.78 is 2.29. The molecule has 0 fully saturated rings. The van der Waals surface area contributed by atoms with Gasteiger partial charge in [-0.25, -0.2) is 4.98 Å². The number of rotatable bonds is 4. The molecule has 4 rings (SSSR count). The van der Waals surface area contributed by atoms with Crippen LogP contribution in [0.25, 0.3) is 5.69 Å². The van der Waals surface area contributed by atoms with Crippen LogP contribution in [0.15, 0.2) is 53.5 Å². The Balaban J connectivity index is 1.96. The summed E-state index contributed by atoms with van der Waals surface area (Å²) in [6, 6.07) is 16.3. The molecule has 0 spiro atoms. The van der Waals surface area contributed by atoms with E-state index >= 15 is 0 Å². The van der Waals surface area contributed by atoms with Crippen molar-refractivity contribution < 1.29 is 0 Å². The van der Waals surface area contributed by atoms with E-state index in [1.807, 2.05) is 24.3 Å². The zero-order chi connectivity index (χ0) is 19.0. The second-order valence-electron chi connectivity index (χ2n) is 7.01. The molecule has 0 unspecified atom stereocenters. The molecule has 3 aromatic rings. The summed E-state index contributed by atoms with van der Waals surface area (Å²) >= 11 is 6.50. The SMILES string of the molecule is CCc1nc2n(c1CN(C)C)-c1ccccc1C(c1ccccc1Cl)=NC2. The fraction of sp³-hybridized carbons (Fsp3) is 0.273. The molecule has 2 heterocycles. The number of aromatic nitrogens is 2. The quantitative estimate of drug-likeness (QED) is 0.669. The van der Waals surface area contributed by atoms with Crippen molar-refractivity contribution in [2.24, 2.45) is 4.99 Å². The maximum Gasteiger partial charge on any atom is 0.135 e. The first-order chi connectivity index (χ1) is 13.1. The number of fused-ring (bicyclic) bond motifs is 3. The van der Waals surface area contributed by atoms with Gasteiger partial charge in [0.25, 0.3) is 0 Å². The summed E-state index contributed by atoms with van der Waals surface area (Å²) in [6.45, 7) is 3.54. The first kappa shape index (κ1) is 18.0. The van der Waals surface area contributed by atoms with Crippen molar-refractivity contribution in [3.63, 3.8) is 0 Å². The van der Waals surface area contributed by atoms with E-state index in [1.165, 1.54) is 5.69 Å². The van der Waals surface area contributed by atoms with Gasteiger partial charge in [-0.05, 0) is 32.6 Å². The summed E-state index contributed by atoms with van der Waals surface area (Å²) in [5, 5.41) is 0.716. The number of hydrogen-bond acceptors (Lipinski definition) is 3. The molecule has 0 bridgehead atoms. The number of para-hydroxylation sites is 1. The average molecular weight is 379 g/mol. The zero-order valence-electron chi connectivity index (χ0n) is 15.9. The summed E-state index contributed by atoms with van der Waals surface area (Å²) in [5.41, 5.74) is 6.47. The Morgan fingerprint density at radius 2 is 1.74 bits per heavy atom. The molecule has 5 heteroatoms. The molecule has 0 saturated carbocycles. The van der Waals surface area contributed by atoms with Gasteiger partial charge in [0.2, 0.25) is 0 Å². The van der Waals surface area contributed by atoms with Gasteiger partial charge in [-0.1, -0.05) is 54.9 Å². The van der Waals surface area contributed by atoms with Crippen LogP contribution in [0.5, 0.6) is 0 Å². The number of aryl methyl sites for hydroxylation is 1. The molecule has 0 saturated heterocycles. The van der Waals surface area contributed by atoms with E-state index in [4.69, 9.17) is 21.6 Å². The van der Waals surface area contributed by atoms with Crippen LogP contribution in [0, 0.1) is 0 Å². The maximum absolute atomic E-state index is 6.50. The van der Waals surface area contributed by atoms with Gasteiger partial charge in [0.05, 0.1) is 29.3 Å². The number of halogens is 1. The van der Waals surface area contributed by atoms with Crippen LogP contribution in [0.3, 0.4) is 0 Å². The van der Waals surface area contributed by atoms with Gasteiger partial charge < -0.3 is 4.90 Å². The monoisotopic (exact) mass is 378 g/mol. The highest BCUT2D eigenvalue weighted by Gasteiger charge is 2.24. The van der Waals surface area contributed by atoms with Gasteiger partial charge in [0.1, 0.15) is 5.82 Å². The normalized spacial score (nSPS) is 13.1. The van der Waals surface area contributed by atoms with Gasteiger partial charge in [-0.15, -0.1) is 0 Å². The molecule has 138 valence electrons. The third kappa shape index (κ3) is 3.20. The van der Waals surface area contributed by atoms with Crippen molar-refractivity contribution in [2.45, 2.75) is 26.4 Å². The summed E-state index contributed by atoms with van der Waals surface area (Å²) in [5.74, 6) is 0.984. The van der Waals surface area contributed by atoms with Gasteiger partial charge >= 0.3 is 0 Å². The molecule has 1 aromatic heterocycles. The number of benzene rings is 2. The zero-order valence-corrected chi connectivity index (χ0v) is 16.7. The number of nitrogens with zero attached hydrogens (tertiary/aromatic N) is 4. The van der Waals surface area contributed by atoms with Crippen LogP contribution >= 0.6 is 11.6 Å². The van der Waals surface area contributed by atoms with E-state index in [0.717, 1.165) is 47.0 Å². The third-order valence-electron chi connectivity index (χ3n) is 4.83. The molecule has 1 aliphatic rings. The maximum atomic E-state index is 6.50. The highest BCUT2D eigenvalue weighted by atomic mass is 35.5. The Hall–Kier alpha value is -2.43. The lowest BCUT2D eigenvalue weighted by molar-refractivity contribution is 0.392. The minimum atomic E-state index is 0.537. The van der Waals surface area contributed by atoms with E-state index < -0.39 is 0 Å². The molecule has 0 amide bonds. The van der Waals surface area contributed by atoms with Crippen LogP contribution in [0.2, 0.25) is 5.02 Å². The first-order valence-corrected chi connectivity index (χ1v) is 9.61. The van der Waals surface area contributed by atoms with Crippen molar-refractivity contribution in [3.05, 3.63) is 81.9 Å². The minimum Gasteiger partial charge on any atom is -0.304 e. The van der Waals surface area contributed by atoms with E-state index in [1.54, 1.807) is 0 Å². The lowest BCUT2D eigenvalue weighted by Crippen LogP contribution is -2.17. The number of aliphatic imine (C=N–C) groups is 1. The topological polar surface area (TPSA) is 33.4 Å². The summed E-state index contributed by atoms with van der Waals surface area (Å²) in [6.07, 6.45) is 0.909. The van der Waals surface area contributed by atoms with Crippen molar-refractivity contribution >= 4 is 17.3 Å². The van der Waals surface area contributed by atoms with Crippen LogP contribution in [-0.2, 0) is 19.5 Å². The van der Waals surface area contributed by atoms with E-state index in [9.17, 15) is 0 Å². The van der Waals surface area contributed by atoms with E-state index in [0.29, 0.717) is 11.6 Å². The lowest BCUT2D eigenvalue weighted by atomic mass is 10.00. The molecule has 2 aromatic carbocycles. The molecule has 1 aliphatic heterocycles. The highest BCUT2D eigenvalue weighted by molar-refractivity contribution is 6.35. The molecule has 0 N–H and O–H groups in total. The third-order valence-corrected chi connectivity index (χ3v) is 5.16. The van der Waals surface area contributed by atoms with Gasteiger partial charge in [-0.3, -0.25) is 9.56 Å². The number of hydrogen-bond donors (Lipinski definition) is 0. The molecule has 27 heavy (non-hydrogen) atoms. The predicted octanol–water partition coefficient (Wildman–Crippen LogP) is 4.50. The van der Waals surface area contributed by atoms with Crippen LogP contribution in [0.4, 0.5) is 0 Å². The van der Waals surface area contributed by atoms with Crippen LogP contribution < -0.4 is 0 Å². The highest BCUT2D eigenvalue weighted by Crippen LogP contribution is 2.30. The molecule has 0 radical (unpaired) electrons. The van der Waals surface area contributed by atoms with Crippen molar-refractivity contribution in [1.29, 1.82) is 0 Å². The van der Waals surface area contributed by atoms with Gasteiger partial charge in [0.15, 0.2) is 0 Å². The van der Waals surface area contributed by atoms with E-state index in [2.05, 4.69) is 54.8 Å². The second-order valence-corrected chi connectivity index (χ2v) is 7.42. The Morgan fingerprint density at radius 3 is 2.44 bits per heavy atom. The standard InChI is InChI=1S/C22H23ClN4/c1-4-18-20(14-26(2)3)27-19-12-8-6-10-16(19)22(24-13-21(27)25-18)15-9-5-7-11-17(15)23/h5-12H,4,13-14H2,1-3H3. The van der Waals surface area contributed by atoms with Crippen LogP contribution in [-0.4, -0.2) is 34.3 Å². The van der Waals surface area contributed by atoms with E-state index in [-0.39, 0.29) is 0 Å². The molecular formula is C22H23ClN4. The summed E-state index contributed by atoms with van der Waals surface area (Å²) in [7, 11) is 4.18. The number of imidazole rings is 1. The Morgan fingerprint density at radius 1 is 1.04 bits per heavy atom. The molecule has 4 nitrogen and oxygen atoms in total. The molecule has 0 aliphatic carbocycles. The predicted molar refractivity (Wildman–Crippen MR) is 111 cm³/mol. The Bertz CT molecular complexity index is 1020. The van der Waals surface area contributed by atoms with Gasteiger partial charge in [-0.2, -0.15) is 0 Å². The Labute approximate surface area is 165 Å². The molecule has 0 atom stereocenters. The van der Waals surface area contributed by atoms with Crippen molar-refractivity contribution in [2.75, 3.05) is 14.1 Å². The average Bonchev–Trinajstić information content (AvgIpc) is 2.91. The summed E-state index contributed by atoms with van der Waals surface area (Å²) in [4.78, 5) is 12.1. The lowest BCUT2D eigenvalue weighted by Gasteiger charge is -2.17. The first-order valence-electron chi connectivity index (χ1n) is 9.23. The van der Waals surface area contributed by atoms with Gasteiger partial charge in [0, 0.05) is 22.7 Å². The van der Waals surface area contributed by atoms with Crippen molar-refractivity contribution in [3.8, 4) is 5.69 Å². The van der Waals surface area contributed by atoms with Crippen LogP contribution in [0.1, 0.15) is 35.3 Å². The minimum absolute atomic E-state index is 0.537. The largest absolute Gasteiger partial charge is 0.304 e. The fourth-order valence-corrected chi connectivity index (χ4v) is 3.90. The smallest absolute Gasteiger partial charge is 0.135 e.